The second-order valence-electron chi connectivity index (χ2n) is 5.35. The number of aromatic nitrogens is 1. The van der Waals surface area contributed by atoms with E-state index in [0.717, 1.165) is 22.6 Å². The van der Waals surface area contributed by atoms with E-state index in [1.165, 1.54) is 12.1 Å². The second-order valence-corrected chi connectivity index (χ2v) is 6.30. The number of hydrogen-bond acceptors (Lipinski definition) is 4. The molecule has 138 valence electrons. The van der Waals surface area contributed by atoms with E-state index < -0.39 is 0 Å². The van der Waals surface area contributed by atoms with Gasteiger partial charge in [0, 0.05) is 13.6 Å². The van der Waals surface area contributed by atoms with Gasteiger partial charge < -0.3 is 15.1 Å². The van der Waals surface area contributed by atoms with Crippen LogP contribution in [0.3, 0.4) is 0 Å². The molecular formula is C18H20FIN4OS. The van der Waals surface area contributed by atoms with Crippen LogP contribution in [0.15, 0.2) is 57.5 Å². The summed E-state index contributed by atoms with van der Waals surface area (Å²) >= 11 is 1.59. The third-order valence-electron chi connectivity index (χ3n) is 3.56. The number of nitrogens with one attached hydrogen (secondary N) is 2. The van der Waals surface area contributed by atoms with E-state index >= 15 is 0 Å². The summed E-state index contributed by atoms with van der Waals surface area (Å²) in [5, 5.41) is 8.42. The van der Waals surface area contributed by atoms with Crippen LogP contribution in [0.2, 0.25) is 0 Å². The molecule has 0 unspecified atom stereocenters. The lowest BCUT2D eigenvalue weighted by atomic mass is 10.1. The predicted molar refractivity (Wildman–Crippen MR) is 114 cm³/mol. The maximum absolute atomic E-state index is 12.9. The molecule has 1 aromatic carbocycles. The lowest BCUT2D eigenvalue weighted by Crippen LogP contribution is -2.37. The van der Waals surface area contributed by atoms with Gasteiger partial charge in [0.05, 0.1) is 17.1 Å². The fourth-order valence-electron chi connectivity index (χ4n) is 2.27. The molecule has 2 aromatic heterocycles. The smallest absolute Gasteiger partial charge is 0.236 e. The van der Waals surface area contributed by atoms with Gasteiger partial charge in [-0.3, -0.25) is 4.99 Å². The molecule has 26 heavy (non-hydrogen) atoms. The minimum Gasteiger partial charge on any atom is -0.443 e. The molecule has 2 heterocycles. The molecule has 3 rings (SSSR count). The Balaban J connectivity index is 0.00000243. The van der Waals surface area contributed by atoms with Crippen molar-refractivity contribution in [3.63, 3.8) is 0 Å². The third kappa shape index (κ3) is 5.80. The summed E-state index contributed by atoms with van der Waals surface area (Å²) in [5.41, 5.74) is 1.88. The maximum atomic E-state index is 12.9. The van der Waals surface area contributed by atoms with Gasteiger partial charge in [0.15, 0.2) is 5.96 Å². The Morgan fingerprint density at radius 2 is 2.04 bits per heavy atom. The first-order valence-corrected chi connectivity index (χ1v) is 8.80. The summed E-state index contributed by atoms with van der Waals surface area (Å²) in [6.45, 7) is 1.22. The first kappa shape index (κ1) is 20.4. The zero-order chi connectivity index (χ0) is 17.5. The molecule has 0 spiro atoms. The molecule has 0 radical (unpaired) electrons. The molecule has 0 fully saturated rings. The summed E-state index contributed by atoms with van der Waals surface area (Å²) in [6, 6.07) is 10.5. The Morgan fingerprint density at radius 1 is 1.23 bits per heavy atom. The van der Waals surface area contributed by atoms with Gasteiger partial charge in [-0.2, -0.15) is 0 Å². The summed E-state index contributed by atoms with van der Waals surface area (Å²) in [5.74, 6) is 1.09. The minimum atomic E-state index is -0.219. The highest BCUT2D eigenvalue weighted by molar-refractivity contribution is 14.0. The monoisotopic (exact) mass is 486 g/mol. The molecule has 2 N–H and O–H groups in total. The van der Waals surface area contributed by atoms with Gasteiger partial charge in [-0.1, -0.05) is 18.2 Å². The first-order chi connectivity index (χ1) is 12.2. The minimum absolute atomic E-state index is 0. The van der Waals surface area contributed by atoms with Crippen molar-refractivity contribution in [2.24, 2.45) is 4.99 Å². The number of rotatable bonds is 6. The number of nitrogens with zero attached hydrogens (tertiary/aromatic N) is 2. The summed E-state index contributed by atoms with van der Waals surface area (Å²) < 4.78 is 18.4. The number of guanidine groups is 1. The topological polar surface area (TPSA) is 62.5 Å². The number of benzene rings is 1. The Kier molecular flexibility index (Phi) is 8.05. The van der Waals surface area contributed by atoms with Crippen LogP contribution in [0.5, 0.6) is 0 Å². The van der Waals surface area contributed by atoms with Crippen LogP contribution in [0.25, 0.3) is 10.8 Å². The van der Waals surface area contributed by atoms with Crippen molar-refractivity contribution in [2.45, 2.75) is 13.0 Å². The normalized spacial score (nSPS) is 11.1. The largest absolute Gasteiger partial charge is 0.443 e. The SMILES string of the molecule is CN=C(NCCc1ccc(F)cc1)NCc1coc(-c2cccs2)n1.I. The summed E-state index contributed by atoms with van der Waals surface area (Å²) in [7, 11) is 1.72. The van der Waals surface area contributed by atoms with E-state index in [-0.39, 0.29) is 29.8 Å². The summed E-state index contributed by atoms with van der Waals surface area (Å²) in [6.07, 6.45) is 2.43. The van der Waals surface area contributed by atoms with Gasteiger partial charge in [0.1, 0.15) is 12.1 Å². The average molecular weight is 486 g/mol. The van der Waals surface area contributed by atoms with Gasteiger partial charge in [0.25, 0.3) is 0 Å². The van der Waals surface area contributed by atoms with Crippen molar-refractivity contribution in [2.75, 3.05) is 13.6 Å². The predicted octanol–water partition coefficient (Wildman–Crippen LogP) is 4.07. The summed E-state index contributed by atoms with van der Waals surface area (Å²) in [4.78, 5) is 9.65. The van der Waals surface area contributed by atoms with Crippen LogP contribution in [0.4, 0.5) is 4.39 Å². The van der Waals surface area contributed by atoms with E-state index in [9.17, 15) is 4.39 Å². The highest BCUT2D eigenvalue weighted by Gasteiger charge is 2.08. The van der Waals surface area contributed by atoms with Crippen LogP contribution in [-0.2, 0) is 13.0 Å². The number of halogens is 2. The van der Waals surface area contributed by atoms with Crippen LogP contribution in [0.1, 0.15) is 11.3 Å². The standard InChI is InChI=1S/C18H19FN4OS.HI/c1-20-18(21-9-8-13-4-6-14(19)7-5-13)22-11-15-12-24-17(23-15)16-3-2-10-25-16;/h2-7,10,12H,8-9,11H2,1H3,(H2,20,21,22);1H. The van der Waals surface area contributed by atoms with E-state index in [1.54, 1.807) is 36.8 Å². The van der Waals surface area contributed by atoms with Gasteiger partial charge >= 0.3 is 0 Å². The Morgan fingerprint density at radius 3 is 2.73 bits per heavy atom. The van der Waals surface area contributed by atoms with Crippen molar-refractivity contribution < 1.29 is 8.81 Å². The lowest BCUT2D eigenvalue weighted by Gasteiger charge is -2.10. The zero-order valence-electron chi connectivity index (χ0n) is 14.2. The van der Waals surface area contributed by atoms with E-state index in [0.29, 0.717) is 24.9 Å². The quantitative estimate of drug-likeness (QED) is 0.314. The molecular weight excluding hydrogens is 466 g/mol. The highest BCUT2D eigenvalue weighted by Crippen LogP contribution is 2.23. The number of hydrogen-bond donors (Lipinski definition) is 2. The van der Waals surface area contributed by atoms with Crippen molar-refractivity contribution in [3.05, 3.63) is 65.1 Å². The molecule has 0 aliphatic carbocycles. The van der Waals surface area contributed by atoms with Gasteiger partial charge in [-0.15, -0.1) is 35.3 Å². The van der Waals surface area contributed by atoms with Crippen molar-refractivity contribution in [1.82, 2.24) is 15.6 Å². The zero-order valence-corrected chi connectivity index (χ0v) is 17.4. The molecule has 5 nitrogen and oxygen atoms in total. The van der Waals surface area contributed by atoms with E-state index in [2.05, 4.69) is 20.6 Å². The lowest BCUT2D eigenvalue weighted by molar-refractivity contribution is 0.573. The third-order valence-corrected chi connectivity index (χ3v) is 4.42. The number of aliphatic imine (C=N–C) groups is 1. The molecule has 0 amide bonds. The molecule has 3 aromatic rings. The molecule has 0 aliphatic heterocycles. The van der Waals surface area contributed by atoms with Crippen molar-refractivity contribution >= 4 is 41.3 Å². The van der Waals surface area contributed by atoms with Crippen LogP contribution in [-0.4, -0.2) is 24.5 Å². The van der Waals surface area contributed by atoms with E-state index in [1.807, 2.05) is 17.5 Å². The molecule has 8 heteroatoms. The molecule has 0 saturated heterocycles. The van der Waals surface area contributed by atoms with Crippen molar-refractivity contribution in [3.8, 4) is 10.8 Å². The van der Waals surface area contributed by atoms with Crippen molar-refractivity contribution in [1.29, 1.82) is 0 Å². The van der Waals surface area contributed by atoms with Gasteiger partial charge in [0.2, 0.25) is 5.89 Å². The Bertz CT molecular complexity index is 818. The van der Waals surface area contributed by atoms with Crippen LogP contribution in [0, 0.1) is 5.82 Å². The molecule has 0 bridgehead atoms. The van der Waals surface area contributed by atoms with Crippen LogP contribution >= 0.6 is 35.3 Å². The molecule has 0 atom stereocenters. The number of thiophene rings is 1. The Hall–Kier alpha value is -1.94. The first-order valence-electron chi connectivity index (χ1n) is 7.92. The molecule has 0 aliphatic rings. The Labute approximate surface area is 172 Å². The highest BCUT2D eigenvalue weighted by atomic mass is 127. The van der Waals surface area contributed by atoms with Gasteiger partial charge in [-0.25, -0.2) is 9.37 Å². The fourth-order valence-corrected chi connectivity index (χ4v) is 2.93. The van der Waals surface area contributed by atoms with Crippen LogP contribution < -0.4 is 10.6 Å². The van der Waals surface area contributed by atoms with Gasteiger partial charge in [-0.05, 0) is 35.6 Å². The number of oxazole rings is 1. The fraction of sp³-hybridized carbons (Fsp3) is 0.222. The average Bonchev–Trinajstić information content (AvgIpc) is 3.31. The maximum Gasteiger partial charge on any atom is 0.236 e. The van der Waals surface area contributed by atoms with E-state index in [4.69, 9.17) is 4.42 Å². The molecule has 0 saturated carbocycles. The second kappa shape index (κ2) is 10.3.